The van der Waals surface area contributed by atoms with Gasteiger partial charge in [-0.15, -0.1) is 12.4 Å². The number of amides is 1. The van der Waals surface area contributed by atoms with E-state index in [0.29, 0.717) is 5.69 Å². The highest BCUT2D eigenvalue weighted by Crippen LogP contribution is 2.29. The van der Waals surface area contributed by atoms with Crippen LogP contribution >= 0.6 is 28.3 Å². The molecule has 1 fully saturated rings. The Hall–Kier alpha value is -0.520. The molecular weight excluding hydrogens is 330 g/mol. The molecule has 1 aromatic heterocycles. The zero-order valence-corrected chi connectivity index (χ0v) is 13.9. The van der Waals surface area contributed by atoms with E-state index in [4.69, 9.17) is 5.73 Å². The zero-order chi connectivity index (χ0) is 13.5. The standard InChI is InChI=1S/C13H20BrN3O.ClH/c1-13(2)8-17(5-4-11(13)15)12(18)10-6-9(14)7-16(10)3;/h6-7,11H,4-5,8,15H2,1-3H3;1H. The molecule has 2 N–H and O–H groups in total. The topological polar surface area (TPSA) is 51.3 Å². The Morgan fingerprint density at radius 3 is 2.63 bits per heavy atom. The van der Waals surface area contributed by atoms with Crippen molar-refractivity contribution in [3.63, 3.8) is 0 Å². The minimum absolute atomic E-state index is 0. The molecule has 1 unspecified atom stereocenters. The Labute approximate surface area is 128 Å². The first kappa shape index (κ1) is 16.5. The Morgan fingerprint density at radius 1 is 1.53 bits per heavy atom. The smallest absolute Gasteiger partial charge is 0.270 e. The van der Waals surface area contributed by atoms with Crippen molar-refractivity contribution in [2.24, 2.45) is 18.2 Å². The van der Waals surface area contributed by atoms with Gasteiger partial charge < -0.3 is 15.2 Å². The van der Waals surface area contributed by atoms with Crippen LogP contribution in [0.15, 0.2) is 16.7 Å². The molecule has 0 aromatic carbocycles. The van der Waals surface area contributed by atoms with Gasteiger partial charge in [-0.1, -0.05) is 13.8 Å². The van der Waals surface area contributed by atoms with Gasteiger partial charge in [-0.05, 0) is 33.8 Å². The number of carbonyl (C=O) groups is 1. The van der Waals surface area contributed by atoms with Crippen LogP contribution < -0.4 is 5.73 Å². The van der Waals surface area contributed by atoms with E-state index in [1.54, 1.807) is 0 Å². The van der Waals surface area contributed by atoms with Crippen molar-refractivity contribution >= 4 is 34.2 Å². The third-order valence-electron chi connectivity index (χ3n) is 3.79. The molecule has 6 heteroatoms. The number of halogens is 2. The van der Waals surface area contributed by atoms with E-state index >= 15 is 0 Å². The van der Waals surface area contributed by atoms with E-state index in [-0.39, 0.29) is 29.8 Å². The average Bonchev–Trinajstić information content (AvgIpc) is 2.60. The van der Waals surface area contributed by atoms with Crippen LogP contribution in [0.3, 0.4) is 0 Å². The van der Waals surface area contributed by atoms with E-state index in [0.717, 1.165) is 24.0 Å². The normalized spacial score (nSPS) is 21.9. The molecular formula is C13H21BrClN3O. The summed E-state index contributed by atoms with van der Waals surface area (Å²) in [7, 11) is 1.89. The lowest BCUT2D eigenvalue weighted by Crippen LogP contribution is -2.54. The molecule has 0 radical (unpaired) electrons. The van der Waals surface area contributed by atoms with Crippen LogP contribution in [0.2, 0.25) is 0 Å². The number of nitrogens with zero attached hydrogens (tertiary/aromatic N) is 2. The van der Waals surface area contributed by atoms with Crippen molar-refractivity contribution in [2.75, 3.05) is 13.1 Å². The van der Waals surface area contributed by atoms with Crippen LogP contribution in [0.4, 0.5) is 0 Å². The van der Waals surface area contributed by atoms with E-state index in [1.165, 1.54) is 0 Å². The van der Waals surface area contributed by atoms with Crippen molar-refractivity contribution in [1.29, 1.82) is 0 Å². The molecule has 2 heterocycles. The number of likely N-dealkylation sites (tertiary alicyclic amines) is 1. The van der Waals surface area contributed by atoms with Gasteiger partial charge in [-0.25, -0.2) is 0 Å². The molecule has 1 saturated heterocycles. The van der Waals surface area contributed by atoms with Gasteiger partial charge >= 0.3 is 0 Å². The molecule has 4 nitrogen and oxygen atoms in total. The second-order valence-electron chi connectivity index (χ2n) is 5.76. The summed E-state index contributed by atoms with van der Waals surface area (Å²) in [5, 5.41) is 0. The summed E-state index contributed by atoms with van der Waals surface area (Å²) in [6, 6.07) is 2.03. The quantitative estimate of drug-likeness (QED) is 0.845. The number of rotatable bonds is 1. The van der Waals surface area contributed by atoms with Gasteiger partial charge in [0.15, 0.2) is 0 Å². The maximum atomic E-state index is 12.5. The monoisotopic (exact) mass is 349 g/mol. The number of piperidine rings is 1. The van der Waals surface area contributed by atoms with Gasteiger partial charge in [0.25, 0.3) is 5.91 Å². The van der Waals surface area contributed by atoms with E-state index in [9.17, 15) is 4.79 Å². The largest absolute Gasteiger partial charge is 0.345 e. The number of aryl methyl sites for hydroxylation is 1. The molecule has 0 bridgehead atoms. The molecule has 0 aliphatic carbocycles. The summed E-state index contributed by atoms with van der Waals surface area (Å²) in [5.41, 5.74) is 6.80. The third-order valence-corrected chi connectivity index (χ3v) is 4.22. The van der Waals surface area contributed by atoms with E-state index < -0.39 is 0 Å². The fourth-order valence-electron chi connectivity index (χ4n) is 2.45. The predicted molar refractivity (Wildman–Crippen MR) is 82.6 cm³/mol. The fourth-order valence-corrected chi connectivity index (χ4v) is 2.97. The average molecular weight is 351 g/mol. The molecule has 108 valence electrons. The molecule has 19 heavy (non-hydrogen) atoms. The van der Waals surface area contributed by atoms with Gasteiger partial charge in [0.05, 0.1) is 0 Å². The van der Waals surface area contributed by atoms with Crippen LogP contribution in [-0.2, 0) is 7.05 Å². The predicted octanol–water partition coefficient (Wildman–Crippen LogP) is 2.41. The highest BCUT2D eigenvalue weighted by atomic mass is 79.9. The number of carbonyl (C=O) groups excluding carboxylic acids is 1. The van der Waals surface area contributed by atoms with Crippen LogP contribution in [0, 0.1) is 5.41 Å². The lowest BCUT2D eigenvalue weighted by Gasteiger charge is -2.42. The molecule has 0 saturated carbocycles. The summed E-state index contributed by atoms with van der Waals surface area (Å²) >= 11 is 3.40. The molecule has 2 rings (SSSR count). The Balaban J connectivity index is 0.00000180. The highest BCUT2D eigenvalue weighted by molar-refractivity contribution is 9.10. The first-order valence-corrected chi connectivity index (χ1v) is 6.97. The molecule has 0 spiro atoms. The van der Waals surface area contributed by atoms with Crippen LogP contribution in [0.25, 0.3) is 0 Å². The fraction of sp³-hybridized carbons (Fsp3) is 0.615. The second-order valence-corrected chi connectivity index (χ2v) is 6.68. The molecule has 1 aliphatic rings. The van der Waals surface area contributed by atoms with Gasteiger partial charge in [-0.2, -0.15) is 0 Å². The van der Waals surface area contributed by atoms with Crippen molar-refractivity contribution in [1.82, 2.24) is 9.47 Å². The van der Waals surface area contributed by atoms with Gasteiger partial charge in [0, 0.05) is 36.8 Å². The summed E-state index contributed by atoms with van der Waals surface area (Å²) in [6.07, 6.45) is 2.76. The number of hydrogen-bond acceptors (Lipinski definition) is 2. The van der Waals surface area contributed by atoms with Crippen molar-refractivity contribution in [3.05, 3.63) is 22.4 Å². The minimum Gasteiger partial charge on any atom is -0.345 e. The molecule has 1 aliphatic heterocycles. The second kappa shape index (κ2) is 5.85. The first-order chi connectivity index (χ1) is 8.31. The molecule has 1 atom stereocenters. The highest BCUT2D eigenvalue weighted by Gasteiger charge is 2.36. The Morgan fingerprint density at radius 2 is 2.16 bits per heavy atom. The summed E-state index contributed by atoms with van der Waals surface area (Å²) in [6.45, 7) is 5.71. The number of hydrogen-bond donors (Lipinski definition) is 1. The van der Waals surface area contributed by atoms with Crippen molar-refractivity contribution in [3.8, 4) is 0 Å². The van der Waals surface area contributed by atoms with Gasteiger partial charge in [0.1, 0.15) is 5.69 Å². The van der Waals surface area contributed by atoms with Gasteiger partial charge in [0.2, 0.25) is 0 Å². The summed E-state index contributed by atoms with van der Waals surface area (Å²) in [5.74, 6) is 0.0863. The lowest BCUT2D eigenvalue weighted by atomic mass is 9.79. The summed E-state index contributed by atoms with van der Waals surface area (Å²) < 4.78 is 2.79. The van der Waals surface area contributed by atoms with Crippen LogP contribution in [0.5, 0.6) is 0 Å². The van der Waals surface area contributed by atoms with E-state index in [2.05, 4.69) is 29.8 Å². The Kier molecular flexibility index (Phi) is 5.09. The van der Waals surface area contributed by atoms with Crippen molar-refractivity contribution < 1.29 is 4.79 Å². The summed E-state index contributed by atoms with van der Waals surface area (Å²) in [4.78, 5) is 14.4. The number of nitrogens with two attached hydrogens (primary N) is 1. The third kappa shape index (κ3) is 3.33. The first-order valence-electron chi connectivity index (χ1n) is 6.18. The maximum absolute atomic E-state index is 12.5. The maximum Gasteiger partial charge on any atom is 0.270 e. The lowest BCUT2D eigenvalue weighted by molar-refractivity contribution is 0.0524. The minimum atomic E-state index is -0.0176. The van der Waals surface area contributed by atoms with Gasteiger partial charge in [-0.3, -0.25) is 4.79 Å². The zero-order valence-electron chi connectivity index (χ0n) is 11.5. The van der Waals surface area contributed by atoms with Crippen molar-refractivity contribution in [2.45, 2.75) is 26.3 Å². The van der Waals surface area contributed by atoms with Crippen LogP contribution in [0.1, 0.15) is 30.8 Å². The Bertz CT molecular complexity index is 472. The number of aromatic nitrogens is 1. The van der Waals surface area contributed by atoms with E-state index in [1.807, 2.05) is 28.8 Å². The molecule has 1 aromatic rings. The molecule has 1 amide bonds. The SMILES string of the molecule is Cl.Cn1cc(Br)cc1C(=O)N1CCC(N)C(C)(C)C1. The van der Waals surface area contributed by atoms with Crippen LogP contribution in [-0.4, -0.2) is 34.5 Å².